The Balaban J connectivity index is 0. The number of amides is 1. The monoisotopic (exact) mass is 415 g/mol. The van der Waals surface area contributed by atoms with Gasteiger partial charge in [-0.2, -0.15) is 13.2 Å². The maximum atomic E-state index is 13.3. The molecule has 0 aliphatic carbocycles. The zero-order valence-corrected chi connectivity index (χ0v) is 15.7. The van der Waals surface area contributed by atoms with Gasteiger partial charge in [0.15, 0.2) is 0 Å². The molecule has 1 radical (unpaired) electrons. The Morgan fingerprint density at radius 3 is 2.26 bits per heavy atom. The van der Waals surface area contributed by atoms with E-state index in [1.807, 2.05) is 0 Å². The van der Waals surface area contributed by atoms with Crippen molar-refractivity contribution in [2.24, 2.45) is 0 Å². The zero-order chi connectivity index (χ0) is 17.9. The second-order valence-corrected chi connectivity index (χ2v) is 4.94. The summed E-state index contributed by atoms with van der Waals surface area (Å²) in [6, 6.07) is 7.80. The van der Waals surface area contributed by atoms with Crippen molar-refractivity contribution in [3.8, 4) is 11.3 Å². The predicted molar refractivity (Wildman–Crippen MR) is 90.2 cm³/mol. The smallest absolute Gasteiger partial charge is 0.417 e. The molecule has 1 amide bonds. The van der Waals surface area contributed by atoms with Gasteiger partial charge in [-0.15, -0.1) is 6.04 Å². The number of pyridine rings is 1. The van der Waals surface area contributed by atoms with Crippen molar-refractivity contribution in [1.82, 2.24) is 10.3 Å². The number of carbonyl (C=O) groups is 1. The fraction of sp³-hybridized carbons (Fsp3) is 0.118. The first-order valence-electron chi connectivity index (χ1n) is 6.83. The van der Waals surface area contributed by atoms with Crippen molar-refractivity contribution in [3.05, 3.63) is 77.5 Å². The average Bonchev–Trinajstić information content (AvgIpc) is 2.53. The van der Waals surface area contributed by atoms with Gasteiger partial charge in [0.05, 0.1) is 5.56 Å². The average molecular weight is 415 g/mol. The van der Waals surface area contributed by atoms with E-state index >= 15 is 0 Å². The van der Waals surface area contributed by atoms with Gasteiger partial charge in [0, 0.05) is 31.5 Å². The van der Waals surface area contributed by atoms with Gasteiger partial charge in [-0.3, -0.25) is 15.7 Å². The third kappa shape index (κ3) is 6.56. The predicted octanol–water partition coefficient (Wildman–Crippen LogP) is 1.33. The molecule has 1 aromatic carbocycles. The van der Waals surface area contributed by atoms with E-state index < -0.39 is 34.8 Å². The summed E-state index contributed by atoms with van der Waals surface area (Å²) in [4.78, 5) is 26.4. The summed E-state index contributed by atoms with van der Waals surface area (Å²) in [7, 11) is 0. The van der Waals surface area contributed by atoms with Crippen LogP contribution in [0.3, 0.4) is 0 Å². The molecule has 0 bridgehead atoms. The summed E-state index contributed by atoms with van der Waals surface area (Å²) in [5, 5.41) is 2.11. The minimum absolute atomic E-state index is 0. The van der Waals surface area contributed by atoms with E-state index in [2.05, 4.69) is 17.2 Å². The van der Waals surface area contributed by atoms with E-state index in [-0.39, 0.29) is 42.5 Å². The molecule has 1 heterocycles. The van der Waals surface area contributed by atoms with Crippen molar-refractivity contribution >= 4 is 5.91 Å². The van der Waals surface area contributed by atoms with Crippen LogP contribution in [0.2, 0.25) is 0 Å². The fourth-order valence-electron chi connectivity index (χ4n) is 2.07. The molecule has 145 valence electrons. The van der Waals surface area contributed by atoms with Crippen LogP contribution >= 0.6 is 0 Å². The van der Waals surface area contributed by atoms with Gasteiger partial charge >= 0.3 is 6.18 Å². The maximum Gasteiger partial charge on any atom is 0.417 e. The van der Waals surface area contributed by atoms with E-state index in [9.17, 15) is 22.8 Å². The third-order valence-electron chi connectivity index (χ3n) is 3.20. The number of benzene rings is 1. The van der Waals surface area contributed by atoms with Gasteiger partial charge in [0.1, 0.15) is 5.56 Å². The van der Waals surface area contributed by atoms with E-state index in [0.29, 0.717) is 5.56 Å². The summed E-state index contributed by atoms with van der Waals surface area (Å²) in [5.74, 6) is -1.20. The molecule has 6 N–H and O–H groups in total. The number of nitrogens with one attached hydrogen (secondary N) is 2. The van der Waals surface area contributed by atoms with Gasteiger partial charge in [0.25, 0.3) is 11.5 Å². The molecule has 0 aliphatic heterocycles. The molecule has 0 spiro atoms. The SMILES string of the molecule is O.O.[CH-]=C[C@H]([CH2-])NC(=O)c1c(C(F)(F)F)cc(-c2ccccc2)[nH]c1=O.[Sc]. The largest absolute Gasteiger partial charge is 0.519 e. The van der Waals surface area contributed by atoms with Crippen molar-refractivity contribution < 1.29 is 54.8 Å². The summed E-state index contributed by atoms with van der Waals surface area (Å²) in [6.07, 6.45) is -3.90. The summed E-state index contributed by atoms with van der Waals surface area (Å²) < 4.78 is 40.0. The number of alkyl halides is 3. The maximum absolute atomic E-state index is 13.3. The van der Waals surface area contributed by atoms with E-state index in [1.165, 1.54) is 0 Å². The number of rotatable bonds is 4. The molecule has 10 heteroatoms. The van der Waals surface area contributed by atoms with E-state index in [4.69, 9.17) is 6.58 Å². The van der Waals surface area contributed by atoms with Crippen LogP contribution in [0, 0.1) is 13.5 Å². The Morgan fingerprint density at radius 2 is 1.78 bits per heavy atom. The second kappa shape index (κ2) is 11.0. The molecule has 1 atom stereocenters. The first-order valence-corrected chi connectivity index (χ1v) is 6.83. The molecule has 0 unspecified atom stereocenters. The second-order valence-electron chi connectivity index (χ2n) is 4.94. The van der Waals surface area contributed by atoms with Gasteiger partial charge in [0.2, 0.25) is 0 Å². The first-order chi connectivity index (χ1) is 11.2. The van der Waals surface area contributed by atoms with Crippen LogP contribution in [0.5, 0.6) is 0 Å². The number of aromatic nitrogens is 1. The van der Waals surface area contributed by atoms with Crippen molar-refractivity contribution in [1.29, 1.82) is 0 Å². The first kappa shape index (κ1) is 27.2. The molecule has 2 rings (SSSR count). The van der Waals surface area contributed by atoms with Gasteiger partial charge < -0.3 is 34.8 Å². The molecule has 0 saturated heterocycles. The number of carbonyl (C=O) groups excluding carboxylic acids is 1. The standard InChI is InChI=1S/C17H13F3N2O2.2H2O.Sc/c1-3-10(2)21-15(23)14-12(17(18,19)20)9-13(22-16(14)24)11-7-5-4-6-8-11;;;/h1,3-10H,2H2,(H,21,23)(H,22,24);2*1H2;/q-2;;;/t10-;;;/m0.../s1. The van der Waals surface area contributed by atoms with Crippen LogP contribution in [0.4, 0.5) is 13.2 Å². The topological polar surface area (TPSA) is 125 Å². The Kier molecular flexibility index (Phi) is 11.0. The van der Waals surface area contributed by atoms with Crippen molar-refractivity contribution in [2.45, 2.75) is 12.2 Å². The number of H-pyrrole nitrogens is 1. The van der Waals surface area contributed by atoms with Gasteiger partial charge in [-0.05, 0) is 11.6 Å². The van der Waals surface area contributed by atoms with Crippen LogP contribution in [0.15, 0.2) is 47.3 Å². The molecule has 6 nitrogen and oxygen atoms in total. The molecular weight excluding hydrogens is 398 g/mol. The molecular formula is C17H17F3N2O4Sc-2. The minimum Gasteiger partial charge on any atom is -0.519 e. The van der Waals surface area contributed by atoms with Crippen LogP contribution < -0.4 is 10.9 Å². The molecule has 1 aromatic heterocycles. The van der Waals surface area contributed by atoms with E-state index in [1.54, 1.807) is 30.3 Å². The van der Waals surface area contributed by atoms with E-state index in [0.717, 1.165) is 12.1 Å². The number of hydrogen-bond acceptors (Lipinski definition) is 2. The van der Waals surface area contributed by atoms with Crippen LogP contribution in [-0.4, -0.2) is 27.9 Å². The molecule has 0 saturated carbocycles. The van der Waals surface area contributed by atoms with Crippen LogP contribution in [0.1, 0.15) is 15.9 Å². The van der Waals surface area contributed by atoms with Crippen molar-refractivity contribution in [3.63, 3.8) is 0 Å². The normalized spacial score (nSPS) is 11.1. The summed E-state index contributed by atoms with van der Waals surface area (Å²) >= 11 is 0. The minimum atomic E-state index is -4.88. The number of aromatic amines is 1. The van der Waals surface area contributed by atoms with Crippen LogP contribution in [-0.2, 0) is 32.0 Å². The van der Waals surface area contributed by atoms with Crippen molar-refractivity contribution in [2.75, 3.05) is 0 Å². The molecule has 0 aliphatic rings. The molecule has 0 fully saturated rings. The fourth-order valence-corrected chi connectivity index (χ4v) is 2.07. The zero-order valence-electron chi connectivity index (χ0n) is 13.9. The molecule has 2 aromatic rings. The number of halogens is 3. The van der Waals surface area contributed by atoms with Gasteiger partial charge in [-0.25, -0.2) is 0 Å². The Bertz CT molecular complexity index is 823. The Hall–Kier alpha value is -2.04. The molecule has 27 heavy (non-hydrogen) atoms. The van der Waals surface area contributed by atoms with Gasteiger partial charge in [-0.1, -0.05) is 30.3 Å². The summed E-state index contributed by atoms with van der Waals surface area (Å²) in [6.45, 7) is 8.55. The Morgan fingerprint density at radius 1 is 1.22 bits per heavy atom. The quantitative estimate of drug-likeness (QED) is 0.732. The van der Waals surface area contributed by atoms with Crippen LogP contribution in [0.25, 0.3) is 11.3 Å². The number of hydrogen-bond donors (Lipinski definition) is 2. The Labute approximate surface area is 171 Å². The third-order valence-corrected chi connectivity index (χ3v) is 3.20. The summed E-state index contributed by atoms with van der Waals surface area (Å²) in [5.41, 5.74) is -3.16.